The van der Waals surface area contributed by atoms with Gasteiger partial charge in [-0.25, -0.2) is 4.98 Å². The predicted molar refractivity (Wildman–Crippen MR) is 84.0 cm³/mol. The van der Waals surface area contributed by atoms with Gasteiger partial charge in [0.1, 0.15) is 0 Å². The summed E-state index contributed by atoms with van der Waals surface area (Å²) in [4.78, 5) is 4.25. The van der Waals surface area contributed by atoms with Crippen LogP contribution in [-0.2, 0) is 6.54 Å². The minimum atomic E-state index is 0.444. The average molecular weight is 286 g/mol. The van der Waals surface area contributed by atoms with Crippen LogP contribution in [0.15, 0.2) is 36.5 Å². The van der Waals surface area contributed by atoms with Gasteiger partial charge >= 0.3 is 0 Å². The van der Waals surface area contributed by atoms with Gasteiger partial charge in [0.25, 0.3) is 0 Å². The van der Waals surface area contributed by atoms with Gasteiger partial charge in [0.05, 0.1) is 7.11 Å². The van der Waals surface area contributed by atoms with E-state index in [1.807, 2.05) is 37.3 Å². The third-order valence-electron chi connectivity index (χ3n) is 3.05. The molecule has 0 saturated carbocycles. The Balaban J connectivity index is 2.14. The summed E-state index contributed by atoms with van der Waals surface area (Å²) in [6, 6.07) is 10.2. The van der Waals surface area contributed by atoms with Gasteiger partial charge in [0.2, 0.25) is 5.88 Å². The Bertz CT molecular complexity index is 597. The highest BCUT2D eigenvalue weighted by atomic mass is 16.5. The summed E-state index contributed by atoms with van der Waals surface area (Å²) in [5, 5.41) is 3.37. The van der Waals surface area contributed by atoms with Crippen molar-refractivity contribution in [1.82, 2.24) is 10.3 Å². The monoisotopic (exact) mass is 286 g/mol. The van der Waals surface area contributed by atoms with Crippen molar-refractivity contribution in [1.29, 1.82) is 0 Å². The lowest BCUT2D eigenvalue weighted by Crippen LogP contribution is -2.21. The fourth-order valence-electron chi connectivity index (χ4n) is 1.91. The molecule has 0 saturated heterocycles. The molecule has 0 atom stereocenters. The Morgan fingerprint density at radius 1 is 1.14 bits per heavy atom. The summed E-state index contributed by atoms with van der Waals surface area (Å²) >= 11 is 0. The Hall–Kier alpha value is -2.07. The molecule has 0 bridgehead atoms. The highest BCUT2D eigenvalue weighted by Crippen LogP contribution is 2.31. The molecule has 0 radical (unpaired) electrons. The van der Waals surface area contributed by atoms with E-state index < -0.39 is 0 Å². The summed E-state index contributed by atoms with van der Waals surface area (Å²) in [7, 11) is 1.64. The van der Waals surface area contributed by atoms with Crippen molar-refractivity contribution in [3.05, 3.63) is 47.7 Å². The van der Waals surface area contributed by atoms with Gasteiger partial charge in [-0.3, -0.25) is 0 Å². The molecule has 112 valence electrons. The van der Waals surface area contributed by atoms with Gasteiger partial charge in [-0.15, -0.1) is 0 Å². The van der Waals surface area contributed by atoms with Crippen LogP contribution in [0, 0.1) is 6.92 Å². The van der Waals surface area contributed by atoms with E-state index >= 15 is 0 Å². The number of aryl methyl sites for hydroxylation is 1. The maximum absolute atomic E-state index is 5.84. The first-order valence-corrected chi connectivity index (χ1v) is 7.09. The van der Waals surface area contributed by atoms with Crippen LogP contribution in [0.25, 0.3) is 0 Å². The number of hydrogen-bond donors (Lipinski definition) is 1. The van der Waals surface area contributed by atoms with Crippen molar-refractivity contribution in [3.63, 3.8) is 0 Å². The van der Waals surface area contributed by atoms with Crippen molar-refractivity contribution in [3.8, 4) is 17.4 Å². The lowest BCUT2D eigenvalue weighted by molar-refractivity contribution is 0.373. The molecule has 0 unspecified atom stereocenters. The number of hydrogen-bond acceptors (Lipinski definition) is 4. The molecule has 0 aliphatic heterocycles. The Morgan fingerprint density at radius 3 is 2.67 bits per heavy atom. The first kappa shape index (κ1) is 15.3. The van der Waals surface area contributed by atoms with Gasteiger partial charge < -0.3 is 14.8 Å². The van der Waals surface area contributed by atoms with Gasteiger partial charge in [-0.2, -0.15) is 0 Å². The second-order valence-corrected chi connectivity index (χ2v) is 5.29. The highest BCUT2D eigenvalue weighted by Gasteiger charge is 2.07. The molecule has 1 aromatic carbocycles. The zero-order chi connectivity index (χ0) is 15.2. The lowest BCUT2D eigenvalue weighted by atomic mass is 10.2. The van der Waals surface area contributed by atoms with Gasteiger partial charge in [-0.05, 0) is 36.2 Å². The maximum atomic E-state index is 5.84. The largest absolute Gasteiger partial charge is 0.493 e. The minimum absolute atomic E-state index is 0.444. The van der Waals surface area contributed by atoms with E-state index in [1.165, 1.54) is 0 Å². The predicted octanol–water partition coefficient (Wildman–Crippen LogP) is 3.69. The first-order valence-electron chi connectivity index (χ1n) is 7.09. The molecular weight excluding hydrogens is 264 g/mol. The molecule has 2 aromatic rings. The van der Waals surface area contributed by atoms with Crippen LogP contribution in [0.5, 0.6) is 17.4 Å². The Kier molecular flexibility index (Phi) is 5.17. The number of aromatic nitrogens is 1. The summed E-state index contributed by atoms with van der Waals surface area (Å²) in [5.41, 5.74) is 2.27. The first-order chi connectivity index (χ1) is 10.1. The summed E-state index contributed by atoms with van der Waals surface area (Å²) in [6.07, 6.45) is 1.76. The van der Waals surface area contributed by atoms with Crippen molar-refractivity contribution >= 4 is 0 Å². The Labute approximate surface area is 126 Å². The molecule has 4 heteroatoms. The molecule has 2 rings (SSSR count). The van der Waals surface area contributed by atoms with E-state index in [4.69, 9.17) is 9.47 Å². The average Bonchev–Trinajstić information content (AvgIpc) is 2.47. The van der Waals surface area contributed by atoms with Crippen LogP contribution >= 0.6 is 0 Å². The summed E-state index contributed by atoms with van der Waals surface area (Å²) in [5.74, 6) is 1.95. The van der Waals surface area contributed by atoms with Crippen LogP contribution in [-0.4, -0.2) is 18.1 Å². The molecule has 4 nitrogen and oxygen atoms in total. The van der Waals surface area contributed by atoms with Crippen LogP contribution in [0.3, 0.4) is 0 Å². The zero-order valence-corrected chi connectivity index (χ0v) is 13.0. The molecule has 0 aliphatic rings. The fourth-order valence-corrected chi connectivity index (χ4v) is 1.91. The number of nitrogens with zero attached hydrogens (tertiary/aromatic N) is 1. The number of pyridine rings is 1. The van der Waals surface area contributed by atoms with Gasteiger partial charge in [0, 0.05) is 24.8 Å². The smallest absolute Gasteiger partial charge is 0.219 e. The third kappa shape index (κ3) is 4.46. The minimum Gasteiger partial charge on any atom is -0.493 e. The number of methoxy groups -OCH3 is 1. The van der Waals surface area contributed by atoms with E-state index in [2.05, 4.69) is 24.1 Å². The molecule has 1 aromatic heterocycles. The molecule has 0 amide bonds. The Morgan fingerprint density at radius 2 is 1.95 bits per heavy atom. The lowest BCUT2D eigenvalue weighted by Gasteiger charge is -2.12. The van der Waals surface area contributed by atoms with E-state index in [9.17, 15) is 0 Å². The van der Waals surface area contributed by atoms with Crippen LogP contribution in [0.1, 0.15) is 25.0 Å². The van der Waals surface area contributed by atoms with Crippen molar-refractivity contribution in [2.75, 3.05) is 7.11 Å². The van der Waals surface area contributed by atoms with E-state index in [1.54, 1.807) is 13.3 Å². The van der Waals surface area contributed by atoms with Crippen molar-refractivity contribution in [2.24, 2.45) is 0 Å². The number of benzene rings is 1. The summed E-state index contributed by atoms with van der Waals surface area (Å²) in [6.45, 7) is 7.05. The molecule has 0 fully saturated rings. The topological polar surface area (TPSA) is 43.4 Å². The van der Waals surface area contributed by atoms with Crippen LogP contribution in [0.4, 0.5) is 0 Å². The molecule has 21 heavy (non-hydrogen) atoms. The second-order valence-electron chi connectivity index (χ2n) is 5.29. The highest BCUT2D eigenvalue weighted by molar-refractivity contribution is 5.44. The van der Waals surface area contributed by atoms with Gasteiger partial charge in [-0.1, -0.05) is 19.9 Å². The number of ether oxygens (including phenoxy) is 2. The van der Waals surface area contributed by atoms with E-state index in [-0.39, 0.29) is 0 Å². The number of rotatable bonds is 6. The molecular formula is C17H22N2O2. The molecule has 1 heterocycles. The quantitative estimate of drug-likeness (QED) is 0.879. The SMILES string of the molecule is COc1cc(C)ccc1Oc1cc(CNC(C)C)ccn1. The fraction of sp³-hybridized carbons (Fsp3) is 0.353. The molecule has 1 N–H and O–H groups in total. The molecule has 0 aliphatic carbocycles. The van der Waals surface area contributed by atoms with Crippen LogP contribution in [0.2, 0.25) is 0 Å². The zero-order valence-electron chi connectivity index (χ0n) is 13.0. The van der Waals surface area contributed by atoms with Crippen molar-refractivity contribution < 1.29 is 9.47 Å². The number of nitrogens with one attached hydrogen (secondary N) is 1. The maximum Gasteiger partial charge on any atom is 0.219 e. The molecule has 0 spiro atoms. The van der Waals surface area contributed by atoms with Gasteiger partial charge in [0.15, 0.2) is 11.5 Å². The van der Waals surface area contributed by atoms with E-state index in [0.717, 1.165) is 17.7 Å². The standard InChI is InChI=1S/C17H22N2O2/c1-12(2)19-11-14-7-8-18-17(10-14)21-15-6-5-13(3)9-16(15)20-4/h5-10,12,19H,11H2,1-4H3. The van der Waals surface area contributed by atoms with Crippen molar-refractivity contribution in [2.45, 2.75) is 33.4 Å². The third-order valence-corrected chi connectivity index (χ3v) is 3.05. The van der Waals surface area contributed by atoms with E-state index in [0.29, 0.717) is 23.4 Å². The second kappa shape index (κ2) is 7.09. The summed E-state index contributed by atoms with van der Waals surface area (Å²) < 4.78 is 11.2. The normalized spacial score (nSPS) is 10.7. The van der Waals surface area contributed by atoms with Crippen LogP contribution < -0.4 is 14.8 Å².